The molecule has 1 aliphatic heterocycles. The first-order valence-electron chi connectivity index (χ1n) is 8.80. The number of nitrogens with zero attached hydrogens (tertiary/aromatic N) is 2. The van der Waals surface area contributed by atoms with E-state index in [-0.39, 0.29) is 23.2 Å². The molecule has 0 saturated carbocycles. The molecular formula is C19H19ClN4O3S. The first-order chi connectivity index (χ1) is 13.4. The van der Waals surface area contributed by atoms with E-state index in [4.69, 9.17) is 23.8 Å². The highest BCUT2D eigenvalue weighted by Crippen LogP contribution is 2.22. The molecule has 0 aromatic heterocycles. The maximum Gasteiger partial charge on any atom is 0.270 e. The zero-order chi connectivity index (χ0) is 20.1. The predicted molar refractivity (Wildman–Crippen MR) is 113 cm³/mol. The van der Waals surface area contributed by atoms with Crippen LogP contribution in [0.25, 0.3) is 0 Å². The molecule has 1 heterocycles. The van der Waals surface area contributed by atoms with Gasteiger partial charge in [-0.15, -0.1) is 0 Å². The number of carbonyl (C=O) groups is 1. The van der Waals surface area contributed by atoms with Crippen molar-refractivity contribution in [3.63, 3.8) is 0 Å². The number of piperidine rings is 1. The van der Waals surface area contributed by atoms with Gasteiger partial charge < -0.3 is 15.5 Å². The van der Waals surface area contributed by atoms with E-state index in [9.17, 15) is 14.9 Å². The Labute approximate surface area is 172 Å². The van der Waals surface area contributed by atoms with Crippen molar-refractivity contribution in [1.29, 1.82) is 0 Å². The summed E-state index contributed by atoms with van der Waals surface area (Å²) in [4.78, 5) is 24.8. The fourth-order valence-electron chi connectivity index (χ4n) is 3.01. The Hall–Kier alpha value is -2.71. The molecule has 9 heteroatoms. The molecule has 0 radical (unpaired) electrons. The molecule has 1 fully saturated rings. The summed E-state index contributed by atoms with van der Waals surface area (Å²) < 4.78 is 0. The van der Waals surface area contributed by atoms with Gasteiger partial charge in [0.05, 0.1) is 15.6 Å². The Morgan fingerprint density at radius 1 is 1.18 bits per heavy atom. The Morgan fingerprint density at radius 2 is 1.89 bits per heavy atom. The van der Waals surface area contributed by atoms with Crippen LogP contribution in [0.5, 0.6) is 0 Å². The van der Waals surface area contributed by atoms with Crippen molar-refractivity contribution >= 4 is 46.2 Å². The number of nitrogens with one attached hydrogen (secondary N) is 2. The van der Waals surface area contributed by atoms with Gasteiger partial charge in [-0.1, -0.05) is 29.8 Å². The summed E-state index contributed by atoms with van der Waals surface area (Å²) in [6, 6.07) is 13.1. The van der Waals surface area contributed by atoms with E-state index in [1.165, 1.54) is 18.2 Å². The molecule has 7 nitrogen and oxygen atoms in total. The lowest BCUT2D eigenvalue weighted by Crippen LogP contribution is -2.47. The molecule has 146 valence electrons. The van der Waals surface area contributed by atoms with Crippen molar-refractivity contribution in [3.8, 4) is 0 Å². The van der Waals surface area contributed by atoms with Gasteiger partial charge in [-0.05, 0) is 43.3 Å². The van der Waals surface area contributed by atoms with Crippen molar-refractivity contribution in [2.45, 2.75) is 18.9 Å². The molecule has 0 spiro atoms. The van der Waals surface area contributed by atoms with Gasteiger partial charge in [0.25, 0.3) is 11.6 Å². The number of para-hydroxylation sites is 1. The number of rotatable bonds is 4. The van der Waals surface area contributed by atoms with E-state index in [0.29, 0.717) is 23.2 Å². The minimum absolute atomic E-state index is 0.00822. The highest BCUT2D eigenvalue weighted by Gasteiger charge is 2.23. The van der Waals surface area contributed by atoms with Crippen molar-refractivity contribution < 1.29 is 9.72 Å². The SMILES string of the molecule is O=C(NC1CCN(C(=S)Nc2ccccc2Cl)CC1)c1cccc([N+](=O)[O-])c1. The second-order valence-electron chi connectivity index (χ2n) is 6.45. The highest BCUT2D eigenvalue weighted by molar-refractivity contribution is 7.80. The lowest BCUT2D eigenvalue weighted by atomic mass is 10.0. The molecule has 2 aromatic carbocycles. The van der Waals surface area contributed by atoms with Gasteiger partial charge in [0.15, 0.2) is 5.11 Å². The molecule has 1 aliphatic rings. The fraction of sp³-hybridized carbons (Fsp3) is 0.263. The largest absolute Gasteiger partial charge is 0.349 e. The Bertz CT molecular complexity index is 900. The fourth-order valence-corrected chi connectivity index (χ4v) is 3.49. The number of halogens is 1. The first kappa shape index (κ1) is 20.0. The summed E-state index contributed by atoms with van der Waals surface area (Å²) in [5.41, 5.74) is 0.946. The molecule has 2 aromatic rings. The lowest BCUT2D eigenvalue weighted by Gasteiger charge is -2.34. The van der Waals surface area contributed by atoms with Gasteiger partial charge in [0.1, 0.15) is 0 Å². The summed E-state index contributed by atoms with van der Waals surface area (Å²) >= 11 is 11.6. The zero-order valence-electron chi connectivity index (χ0n) is 14.9. The second-order valence-corrected chi connectivity index (χ2v) is 7.25. The number of benzene rings is 2. The number of hydrogen-bond acceptors (Lipinski definition) is 4. The van der Waals surface area contributed by atoms with E-state index in [2.05, 4.69) is 10.6 Å². The van der Waals surface area contributed by atoms with Crippen LogP contribution in [0.1, 0.15) is 23.2 Å². The Kier molecular flexibility index (Phi) is 6.43. The smallest absolute Gasteiger partial charge is 0.270 e. The third-order valence-corrected chi connectivity index (χ3v) is 5.24. The first-order valence-corrected chi connectivity index (χ1v) is 9.58. The molecule has 3 rings (SSSR count). The summed E-state index contributed by atoms with van der Waals surface area (Å²) in [6.07, 6.45) is 1.45. The number of hydrogen-bond donors (Lipinski definition) is 2. The summed E-state index contributed by atoms with van der Waals surface area (Å²) in [5.74, 6) is -0.307. The maximum atomic E-state index is 12.4. The number of likely N-dealkylation sites (tertiary alicyclic amines) is 1. The minimum atomic E-state index is -0.512. The predicted octanol–water partition coefficient (Wildman–Crippen LogP) is 3.84. The molecule has 0 atom stereocenters. The van der Waals surface area contributed by atoms with Crippen LogP contribution in [-0.4, -0.2) is 40.0 Å². The van der Waals surface area contributed by atoms with Crippen molar-refractivity contribution in [3.05, 3.63) is 69.2 Å². The van der Waals surface area contributed by atoms with E-state index in [1.54, 1.807) is 12.1 Å². The number of non-ortho nitro benzene ring substituents is 1. The molecule has 1 saturated heterocycles. The molecule has 0 unspecified atom stereocenters. The molecule has 0 bridgehead atoms. The Balaban J connectivity index is 1.52. The number of nitro benzene ring substituents is 1. The van der Waals surface area contributed by atoms with Crippen molar-refractivity contribution in [2.24, 2.45) is 0 Å². The average Bonchev–Trinajstić information content (AvgIpc) is 2.70. The van der Waals surface area contributed by atoms with Crippen LogP contribution in [0.3, 0.4) is 0 Å². The number of thiocarbonyl (C=S) groups is 1. The van der Waals surface area contributed by atoms with Crippen LogP contribution in [0.15, 0.2) is 48.5 Å². The van der Waals surface area contributed by atoms with Crippen LogP contribution in [0.2, 0.25) is 5.02 Å². The average molecular weight is 419 g/mol. The van der Waals surface area contributed by atoms with Crippen LogP contribution in [0, 0.1) is 10.1 Å². The number of nitro groups is 1. The van der Waals surface area contributed by atoms with E-state index in [0.717, 1.165) is 18.5 Å². The maximum absolute atomic E-state index is 12.4. The van der Waals surface area contributed by atoms with Gasteiger partial charge >= 0.3 is 0 Å². The van der Waals surface area contributed by atoms with Crippen molar-refractivity contribution in [2.75, 3.05) is 18.4 Å². The van der Waals surface area contributed by atoms with Crippen LogP contribution in [0.4, 0.5) is 11.4 Å². The van der Waals surface area contributed by atoms with Crippen molar-refractivity contribution in [1.82, 2.24) is 10.2 Å². The van der Waals surface area contributed by atoms with Crippen LogP contribution >= 0.6 is 23.8 Å². The van der Waals surface area contributed by atoms with Gasteiger partial charge in [-0.25, -0.2) is 0 Å². The lowest BCUT2D eigenvalue weighted by molar-refractivity contribution is -0.384. The summed E-state index contributed by atoms with van der Waals surface area (Å²) in [5, 5.41) is 18.2. The summed E-state index contributed by atoms with van der Waals surface area (Å²) in [7, 11) is 0. The summed E-state index contributed by atoms with van der Waals surface area (Å²) in [6.45, 7) is 1.38. The quantitative estimate of drug-likeness (QED) is 0.445. The normalized spacial score (nSPS) is 14.4. The molecule has 28 heavy (non-hydrogen) atoms. The van der Waals surface area contributed by atoms with Crippen LogP contribution < -0.4 is 10.6 Å². The van der Waals surface area contributed by atoms with Gasteiger partial charge in [-0.3, -0.25) is 14.9 Å². The number of anilines is 1. The molecule has 0 aliphatic carbocycles. The molecule has 2 N–H and O–H groups in total. The standard InChI is InChI=1S/C19H19ClN4O3S/c20-16-6-1-2-7-17(16)22-19(28)23-10-8-14(9-11-23)21-18(25)13-4-3-5-15(12-13)24(26)27/h1-7,12,14H,8-11H2,(H,21,25)(H,22,28). The zero-order valence-corrected chi connectivity index (χ0v) is 16.5. The third-order valence-electron chi connectivity index (χ3n) is 4.55. The van der Waals surface area contributed by atoms with Gasteiger partial charge in [0.2, 0.25) is 0 Å². The highest BCUT2D eigenvalue weighted by atomic mass is 35.5. The van der Waals surface area contributed by atoms with Crippen LogP contribution in [-0.2, 0) is 0 Å². The minimum Gasteiger partial charge on any atom is -0.349 e. The van der Waals surface area contributed by atoms with E-state index >= 15 is 0 Å². The molecular weight excluding hydrogens is 400 g/mol. The van der Waals surface area contributed by atoms with Gasteiger partial charge in [-0.2, -0.15) is 0 Å². The molecule has 1 amide bonds. The third kappa shape index (κ3) is 4.96. The second kappa shape index (κ2) is 8.99. The monoisotopic (exact) mass is 418 g/mol. The van der Waals surface area contributed by atoms with Gasteiger partial charge in [0, 0.05) is 36.8 Å². The Morgan fingerprint density at radius 3 is 2.57 bits per heavy atom. The van der Waals surface area contributed by atoms with E-state index < -0.39 is 4.92 Å². The number of amides is 1. The van der Waals surface area contributed by atoms with E-state index in [1.807, 2.05) is 23.1 Å². The topological polar surface area (TPSA) is 87.5 Å². The number of carbonyl (C=O) groups excluding carboxylic acids is 1.